The van der Waals surface area contributed by atoms with E-state index in [-0.39, 0.29) is 12.7 Å². The maximum absolute atomic E-state index is 9.15. The van der Waals surface area contributed by atoms with Crippen molar-refractivity contribution >= 4 is 0 Å². The molecule has 0 spiro atoms. The van der Waals surface area contributed by atoms with Crippen LogP contribution in [0.2, 0.25) is 0 Å². The van der Waals surface area contributed by atoms with E-state index in [9.17, 15) is 0 Å². The molecule has 1 unspecified atom stereocenters. The summed E-state index contributed by atoms with van der Waals surface area (Å²) in [7, 11) is 0. The number of benzene rings is 1. The Morgan fingerprint density at radius 1 is 1.28 bits per heavy atom. The van der Waals surface area contributed by atoms with Crippen molar-refractivity contribution in [2.75, 3.05) is 6.61 Å². The maximum Gasteiger partial charge on any atom is 0.210 e. The molecule has 0 aliphatic carbocycles. The van der Waals surface area contributed by atoms with E-state index in [2.05, 4.69) is 19.9 Å². The Balaban J connectivity index is 2.32. The summed E-state index contributed by atoms with van der Waals surface area (Å²) < 4.78 is 12.3. The second-order valence-corrected chi connectivity index (χ2v) is 4.78. The fourth-order valence-electron chi connectivity index (χ4n) is 2.45. The minimum Gasteiger partial charge on any atom is -0.462 e. The first-order valence-electron chi connectivity index (χ1n) is 6.78. The molecule has 3 nitrogen and oxygen atoms in total. The smallest absolute Gasteiger partial charge is 0.210 e. The van der Waals surface area contributed by atoms with E-state index >= 15 is 0 Å². The van der Waals surface area contributed by atoms with Gasteiger partial charge in [0.25, 0.3) is 0 Å². The molecule has 1 aromatic rings. The molecule has 0 amide bonds. The van der Waals surface area contributed by atoms with Gasteiger partial charge < -0.3 is 14.6 Å². The van der Waals surface area contributed by atoms with Gasteiger partial charge in [-0.15, -0.1) is 0 Å². The Hall–Kier alpha value is -1.06. The summed E-state index contributed by atoms with van der Waals surface area (Å²) in [6.07, 6.45) is 3.09. The van der Waals surface area contributed by atoms with Crippen molar-refractivity contribution in [1.29, 1.82) is 0 Å². The third kappa shape index (κ3) is 2.68. The number of hydrogen-bond acceptors (Lipinski definition) is 3. The van der Waals surface area contributed by atoms with Crippen molar-refractivity contribution in [2.45, 2.75) is 51.4 Å². The second kappa shape index (κ2) is 5.72. The lowest BCUT2D eigenvalue weighted by Gasteiger charge is -2.33. The van der Waals surface area contributed by atoms with E-state index in [4.69, 9.17) is 14.6 Å². The number of hydrogen-bond donors (Lipinski definition) is 1. The molecule has 1 aliphatic rings. The molecule has 0 fully saturated rings. The molecule has 0 radical (unpaired) electrons. The molecule has 2 rings (SSSR count). The van der Waals surface area contributed by atoms with E-state index < -0.39 is 5.79 Å². The van der Waals surface area contributed by atoms with Crippen LogP contribution in [0.5, 0.6) is 5.75 Å². The van der Waals surface area contributed by atoms with Crippen molar-refractivity contribution in [1.82, 2.24) is 0 Å². The molecule has 0 saturated carbocycles. The van der Waals surface area contributed by atoms with Crippen LogP contribution in [0.25, 0.3) is 0 Å². The second-order valence-electron chi connectivity index (χ2n) is 4.78. The number of aliphatic hydroxyl groups is 1. The summed E-state index contributed by atoms with van der Waals surface area (Å²) >= 11 is 0. The molecule has 3 heteroatoms. The van der Waals surface area contributed by atoms with E-state index in [0.717, 1.165) is 25.0 Å². The lowest BCUT2D eigenvalue weighted by atomic mass is 10.1. The van der Waals surface area contributed by atoms with Gasteiger partial charge in [0.2, 0.25) is 5.79 Å². The topological polar surface area (TPSA) is 38.7 Å². The van der Waals surface area contributed by atoms with E-state index in [1.54, 1.807) is 0 Å². The quantitative estimate of drug-likeness (QED) is 0.893. The van der Waals surface area contributed by atoms with Crippen LogP contribution in [-0.2, 0) is 11.2 Å². The van der Waals surface area contributed by atoms with Crippen LogP contribution in [0, 0.1) is 0 Å². The van der Waals surface area contributed by atoms with Crippen LogP contribution in [-0.4, -0.2) is 23.6 Å². The minimum absolute atomic E-state index is 0.0264. The molecule has 1 aliphatic heterocycles. The van der Waals surface area contributed by atoms with Gasteiger partial charge in [-0.2, -0.15) is 0 Å². The first kappa shape index (κ1) is 13.4. The highest BCUT2D eigenvalue weighted by atomic mass is 16.7. The normalized spacial score (nSPS) is 21.8. The van der Waals surface area contributed by atoms with Gasteiger partial charge in [0.15, 0.2) is 0 Å². The zero-order chi connectivity index (χ0) is 13.0. The van der Waals surface area contributed by atoms with E-state index in [1.807, 2.05) is 18.2 Å². The first-order valence-corrected chi connectivity index (χ1v) is 6.78. The Kier molecular flexibility index (Phi) is 4.25. The van der Waals surface area contributed by atoms with Crippen molar-refractivity contribution in [2.24, 2.45) is 0 Å². The summed E-state index contributed by atoms with van der Waals surface area (Å²) in [5.74, 6) is 0.369. The minimum atomic E-state index is -0.549. The molecular formula is C15H22O3. The van der Waals surface area contributed by atoms with E-state index in [0.29, 0.717) is 6.42 Å². The molecule has 100 valence electrons. The van der Waals surface area contributed by atoms with Crippen molar-refractivity contribution in [3.8, 4) is 5.75 Å². The lowest BCUT2D eigenvalue weighted by molar-refractivity contribution is -0.211. The molecule has 1 atom stereocenters. The predicted molar refractivity (Wildman–Crippen MR) is 70.7 cm³/mol. The van der Waals surface area contributed by atoms with E-state index in [1.165, 1.54) is 5.56 Å². The van der Waals surface area contributed by atoms with Crippen LogP contribution in [0.15, 0.2) is 24.3 Å². The molecule has 18 heavy (non-hydrogen) atoms. The van der Waals surface area contributed by atoms with Gasteiger partial charge in [0.05, 0.1) is 6.10 Å². The Bertz CT molecular complexity index is 385. The predicted octanol–water partition coefficient (Wildman–Crippen LogP) is 2.91. The summed E-state index contributed by atoms with van der Waals surface area (Å²) in [6, 6.07) is 8.08. The standard InChI is InChI=1S/C15H22O3/c1-3-15(4-2)17-13(9-10-16)11-12-7-5-6-8-14(12)18-15/h5-8,13,16H,3-4,9-11H2,1-2H3. The molecule has 1 heterocycles. The highest BCUT2D eigenvalue weighted by Gasteiger charge is 2.36. The van der Waals surface area contributed by atoms with Gasteiger partial charge in [0, 0.05) is 25.9 Å². The monoisotopic (exact) mass is 250 g/mol. The van der Waals surface area contributed by atoms with Gasteiger partial charge in [-0.05, 0) is 18.1 Å². The Morgan fingerprint density at radius 3 is 2.67 bits per heavy atom. The molecule has 1 N–H and O–H groups in total. The highest BCUT2D eigenvalue weighted by molar-refractivity contribution is 5.35. The molecule has 0 bridgehead atoms. The van der Waals surface area contributed by atoms with Gasteiger partial charge in [-0.1, -0.05) is 32.0 Å². The fourth-order valence-corrected chi connectivity index (χ4v) is 2.45. The average Bonchev–Trinajstić information content (AvgIpc) is 2.55. The van der Waals surface area contributed by atoms with Crippen LogP contribution in [0.3, 0.4) is 0 Å². The van der Waals surface area contributed by atoms with Crippen molar-refractivity contribution in [3.05, 3.63) is 29.8 Å². The fraction of sp³-hybridized carbons (Fsp3) is 0.600. The Morgan fingerprint density at radius 2 is 2.00 bits per heavy atom. The number of para-hydroxylation sites is 1. The van der Waals surface area contributed by atoms with Gasteiger partial charge >= 0.3 is 0 Å². The third-order valence-electron chi connectivity index (χ3n) is 3.63. The van der Waals surface area contributed by atoms with Gasteiger partial charge in [0.1, 0.15) is 5.75 Å². The van der Waals surface area contributed by atoms with Crippen molar-refractivity contribution in [3.63, 3.8) is 0 Å². The van der Waals surface area contributed by atoms with Crippen LogP contribution in [0.1, 0.15) is 38.7 Å². The number of aliphatic hydroxyl groups excluding tert-OH is 1. The van der Waals surface area contributed by atoms with Crippen molar-refractivity contribution < 1.29 is 14.6 Å². The van der Waals surface area contributed by atoms with Gasteiger partial charge in [-0.3, -0.25) is 0 Å². The molecule has 0 saturated heterocycles. The lowest BCUT2D eigenvalue weighted by Crippen LogP contribution is -2.40. The molecule has 0 aromatic heterocycles. The summed E-state index contributed by atoms with van der Waals surface area (Å²) in [5.41, 5.74) is 1.17. The van der Waals surface area contributed by atoms with Crippen LogP contribution in [0.4, 0.5) is 0 Å². The average molecular weight is 250 g/mol. The highest BCUT2D eigenvalue weighted by Crippen LogP contribution is 2.35. The van der Waals surface area contributed by atoms with Crippen LogP contribution >= 0.6 is 0 Å². The Labute approximate surface area is 109 Å². The number of fused-ring (bicyclic) bond motifs is 1. The van der Waals surface area contributed by atoms with Crippen LogP contribution < -0.4 is 4.74 Å². The first-order chi connectivity index (χ1) is 8.73. The number of ether oxygens (including phenoxy) is 2. The third-order valence-corrected chi connectivity index (χ3v) is 3.63. The number of rotatable bonds is 4. The summed E-state index contributed by atoms with van der Waals surface area (Å²) in [6.45, 7) is 4.30. The zero-order valence-corrected chi connectivity index (χ0v) is 11.2. The maximum atomic E-state index is 9.15. The molecular weight excluding hydrogens is 228 g/mol. The summed E-state index contributed by atoms with van der Waals surface area (Å²) in [4.78, 5) is 0. The summed E-state index contributed by atoms with van der Waals surface area (Å²) in [5, 5.41) is 9.15. The van der Waals surface area contributed by atoms with Gasteiger partial charge in [-0.25, -0.2) is 0 Å². The largest absolute Gasteiger partial charge is 0.462 e. The SMILES string of the molecule is CCC1(CC)Oc2ccccc2CC(CCO)O1. The molecule has 1 aromatic carbocycles. The zero-order valence-electron chi connectivity index (χ0n) is 11.2.